The third kappa shape index (κ3) is 4.89. The highest BCUT2D eigenvalue weighted by Gasteiger charge is 2.44. The van der Waals surface area contributed by atoms with Crippen LogP contribution in [0.3, 0.4) is 0 Å². The first-order chi connectivity index (χ1) is 16.0. The lowest BCUT2D eigenvalue weighted by atomic mass is 9.90. The molecule has 3 amide bonds. The summed E-state index contributed by atoms with van der Waals surface area (Å²) in [5, 5.41) is 7.05. The SMILES string of the molecule is Cc1ccc(Br)nc1NC(=O)[C@@H]1CC(C)(C)CN1C(=O)Cn1nc(C(N)=O)cc1-c1ccco1. The Morgan fingerprint density at radius 2 is 2.06 bits per heavy atom. The predicted octanol–water partition coefficient (Wildman–Crippen LogP) is 2.97. The maximum Gasteiger partial charge on any atom is 0.269 e. The first kappa shape index (κ1) is 23.7. The number of hydrogen-bond donors (Lipinski definition) is 2. The number of carbonyl (C=O) groups excluding carboxylic acids is 3. The Morgan fingerprint density at radius 3 is 2.74 bits per heavy atom. The van der Waals surface area contributed by atoms with E-state index in [9.17, 15) is 14.4 Å². The maximum absolute atomic E-state index is 13.4. The topological polar surface area (TPSA) is 136 Å². The summed E-state index contributed by atoms with van der Waals surface area (Å²) >= 11 is 3.32. The molecule has 11 heteroatoms. The second kappa shape index (κ2) is 9.05. The molecule has 1 aliphatic rings. The fourth-order valence-corrected chi connectivity index (χ4v) is 4.41. The van der Waals surface area contributed by atoms with Crippen LogP contribution in [0.4, 0.5) is 5.82 Å². The molecule has 1 atom stereocenters. The van der Waals surface area contributed by atoms with E-state index in [1.807, 2.05) is 26.8 Å². The Morgan fingerprint density at radius 1 is 1.29 bits per heavy atom. The van der Waals surface area contributed by atoms with E-state index in [-0.39, 0.29) is 29.5 Å². The number of nitrogens with one attached hydrogen (secondary N) is 1. The lowest BCUT2D eigenvalue weighted by molar-refractivity contribution is -0.137. The van der Waals surface area contributed by atoms with Crippen molar-refractivity contribution in [1.29, 1.82) is 0 Å². The zero-order valence-corrected chi connectivity index (χ0v) is 20.6. The molecule has 3 aromatic heterocycles. The highest BCUT2D eigenvalue weighted by atomic mass is 79.9. The van der Waals surface area contributed by atoms with Crippen LogP contribution in [-0.4, -0.2) is 50.0 Å². The minimum absolute atomic E-state index is 0.0199. The van der Waals surface area contributed by atoms with Gasteiger partial charge in [-0.2, -0.15) is 5.10 Å². The van der Waals surface area contributed by atoms with Crippen LogP contribution >= 0.6 is 15.9 Å². The number of nitrogens with zero attached hydrogens (tertiary/aromatic N) is 4. The molecule has 10 nitrogen and oxygen atoms in total. The molecule has 0 unspecified atom stereocenters. The molecular weight excluding hydrogens is 504 g/mol. The first-order valence-corrected chi connectivity index (χ1v) is 11.5. The van der Waals surface area contributed by atoms with Gasteiger partial charge >= 0.3 is 0 Å². The zero-order valence-electron chi connectivity index (χ0n) is 19.0. The molecule has 0 saturated carbocycles. The summed E-state index contributed by atoms with van der Waals surface area (Å²) in [6.07, 6.45) is 1.98. The smallest absolute Gasteiger partial charge is 0.269 e. The monoisotopic (exact) mass is 528 g/mol. The molecule has 3 N–H and O–H groups in total. The maximum atomic E-state index is 13.4. The lowest BCUT2D eigenvalue weighted by Gasteiger charge is -2.24. The van der Waals surface area contributed by atoms with Gasteiger partial charge in [0.2, 0.25) is 11.8 Å². The van der Waals surface area contributed by atoms with Crippen LogP contribution in [0.1, 0.15) is 36.3 Å². The molecular formula is C23H25BrN6O4. The van der Waals surface area contributed by atoms with E-state index in [0.29, 0.717) is 34.8 Å². The van der Waals surface area contributed by atoms with E-state index in [2.05, 4.69) is 31.3 Å². The number of furan rings is 1. The summed E-state index contributed by atoms with van der Waals surface area (Å²) < 4.78 is 7.40. The predicted molar refractivity (Wildman–Crippen MR) is 128 cm³/mol. The van der Waals surface area contributed by atoms with Crippen LogP contribution < -0.4 is 11.1 Å². The Bertz CT molecular complexity index is 1250. The number of halogens is 1. The van der Waals surface area contributed by atoms with E-state index in [0.717, 1.165) is 5.56 Å². The number of rotatable bonds is 6. The van der Waals surface area contributed by atoms with Gasteiger partial charge in [-0.05, 0) is 58.5 Å². The molecule has 0 bridgehead atoms. The molecule has 1 saturated heterocycles. The second-order valence-corrected chi connectivity index (χ2v) is 9.92. The Balaban J connectivity index is 1.59. The van der Waals surface area contributed by atoms with Crippen molar-refractivity contribution in [2.24, 2.45) is 11.1 Å². The van der Waals surface area contributed by atoms with Crippen molar-refractivity contribution in [3.05, 3.63) is 52.5 Å². The van der Waals surface area contributed by atoms with Gasteiger partial charge in [-0.25, -0.2) is 4.98 Å². The van der Waals surface area contributed by atoms with E-state index >= 15 is 0 Å². The number of anilines is 1. The number of nitrogens with two attached hydrogens (primary N) is 1. The molecule has 1 fully saturated rings. The highest BCUT2D eigenvalue weighted by Crippen LogP contribution is 2.35. The fraction of sp³-hybridized carbons (Fsp3) is 0.348. The van der Waals surface area contributed by atoms with E-state index < -0.39 is 11.9 Å². The summed E-state index contributed by atoms with van der Waals surface area (Å²) in [6, 6.07) is 7.83. The molecule has 178 valence electrons. The van der Waals surface area contributed by atoms with Gasteiger partial charge in [-0.3, -0.25) is 19.1 Å². The molecule has 34 heavy (non-hydrogen) atoms. The van der Waals surface area contributed by atoms with Gasteiger partial charge in [-0.15, -0.1) is 0 Å². The molecule has 0 radical (unpaired) electrons. The van der Waals surface area contributed by atoms with Crippen LogP contribution in [0.15, 0.2) is 45.6 Å². The van der Waals surface area contributed by atoms with E-state index in [1.165, 1.54) is 17.0 Å². The van der Waals surface area contributed by atoms with Crippen molar-refractivity contribution in [1.82, 2.24) is 19.7 Å². The second-order valence-electron chi connectivity index (χ2n) is 9.11. The van der Waals surface area contributed by atoms with Gasteiger partial charge in [0.05, 0.1) is 6.26 Å². The molecule has 1 aliphatic heterocycles. The van der Waals surface area contributed by atoms with Gasteiger partial charge in [-0.1, -0.05) is 19.9 Å². The molecule has 4 heterocycles. The van der Waals surface area contributed by atoms with E-state index in [1.54, 1.807) is 23.1 Å². The Kier molecular flexibility index (Phi) is 6.30. The van der Waals surface area contributed by atoms with Crippen molar-refractivity contribution >= 4 is 39.5 Å². The van der Waals surface area contributed by atoms with Gasteiger partial charge in [0.25, 0.3) is 5.91 Å². The third-order valence-corrected chi connectivity index (χ3v) is 6.18. The third-order valence-electron chi connectivity index (χ3n) is 5.74. The molecule has 0 aromatic carbocycles. The summed E-state index contributed by atoms with van der Waals surface area (Å²) in [7, 11) is 0. The number of aryl methyl sites for hydroxylation is 1. The van der Waals surface area contributed by atoms with E-state index in [4.69, 9.17) is 10.2 Å². The fourth-order valence-electron chi connectivity index (χ4n) is 4.10. The molecule has 0 spiro atoms. The summed E-state index contributed by atoms with van der Waals surface area (Å²) in [4.78, 5) is 44.2. The average molecular weight is 529 g/mol. The number of aromatic nitrogens is 3. The van der Waals surface area contributed by atoms with Crippen LogP contribution in [-0.2, 0) is 16.1 Å². The minimum Gasteiger partial charge on any atom is -0.463 e. The van der Waals surface area contributed by atoms with Crippen LogP contribution in [0, 0.1) is 12.3 Å². The lowest BCUT2D eigenvalue weighted by Crippen LogP contribution is -2.45. The summed E-state index contributed by atoms with van der Waals surface area (Å²) in [5.41, 5.74) is 6.41. The number of amides is 3. The van der Waals surface area contributed by atoms with Crippen LogP contribution in [0.2, 0.25) is 0 Å². The summed E-state index contributed by atoms with van der Waals surface area (Å²) in [6.45, 7) is 6.08. The normalized spacial score (nSPS) is 17.1. The summed E-state index contributed by atoms with van der Waals surface area (Å²) in [5.74, 6) is -0.445. The Hall–Kier alpha value is -3.47. The Labute approximate surface area is 204 Å². The van der Waals surface area contributed by atoms with Crippen molar-refractivity contribution in [3.8, 4) is 11.5 Å². The van der Waals surface area contributed by atoms with Crippen molar-refractivity contribution < 1.29 is 18.8 Å². The van der Waals surface area contributed by atoms with Gasteiger partial charge < -0.3 is 20.4 Å². The van der Waals surface area contributed by atoms with Gasteiger partial charge in [0.1, 0.15) is 28.7 Å². The largest absolute Gasteiger partial charge is 0.463 e. The first-order valence-electron chi connectivity index (χ1n) is 10.7. The number of pyridine rings is 1. The van der Waals surface area contributed by atoms with Crippen LogP contribution in [0.25, 0.3) is 11.5 Å². The average Bonchev–Trinajstić information content (AvgIpc) is 3.49. The number of hydrogen-bond acceptors (Lipinski definition) is 6. The van der Waals surface area contributed by atoms with Gasteiger partial charge in [0, 0.05) is 12.6 Å². The number of likely N-dealkylation sites (tertiary alicyclic amines) is 1. The minimum atomic E-state index is -0.713. The molecule has 3 aromatic rings. The van der Waals surface area contributed by atoms with Crippen molar-refractivity contribution in [2.75, 3.05) is 11.9 Å². The molecule has 4 rings (SSSR count). The quantitative estimate of drug-likeness (QED) is 0.472. The number of carbonyl (C=O) groups is 3. The van der Waals surface area contributed by atoms with Crippen molar-refractivity contribution in [2.45, 2.75) is 39.8 Å². The van der Waals surface area contributed by atoms with Crippen LogP contribution in [0.5, 0.6) is 0 Å². The van der Waals surface area contributed by atoms with Crippen molar-refractivity contribution in [3.63, 3.8) is 0 Å². The zero-order chi connectivity index (χ0) is 24.6. The highest BCUT2D eigenvalue weighted by molar-refractivity contribution is 9.10. The van der Waals surface area contributed by atoms with Gasteiger partial charge in [0.15, 0.2) is 11.5 Å². The standard InChI is InChI=1S/C23H25BrN6O4/c1-13-6-7-18(24)26-21(13)27-22(33)16-10-23(2,3)12-29(16)19(31)11-30-15(17-5-4-8-34-17)9-14(28-30)20(25)32/h4-9,16H,10-12H2,1-3H3,(H2,25,32)(H,26,27,33)/t16-/m0/s1. The molecule has 0 aliphatic carbocycles. The number of primary amides is 1.